The van der Waals surface area contributed by atoms with Crippen molar-refractivity contribution >= 4 is 29.6 Å². The van der Waals surface area contributed by atoms with Crippen LogP contribution in [-0.4, -0.2) is 26.2 Å². The van der Waals surface area contributed by atoms with Crippen LogP contribution in [-0.2, 0) is 19.1 Å². The SMILES string of the molecule is COC(=O)C(CC=C=C(C)C)(C/C=C/c1ccc(Cl)cc1)C(=O)OC. The van der Waals surface area contributed by atoms with Gasteiger partial charge in [-0.3, -0.25) is 9.59 Å². The van der Waals surface area contributed by atoms with Gasteiger partial charge in [-0.1, -0.05) is 35.9 Å². The molecule has 0 N–H and O–H groups in total. The molecule has 1 rings (SSSR count). The van der Waals surface area contributed by atoms with E-state index in [9.17, 15) is 9.59 Å². The zero-order valence-corrected chi connectivity index (χ0v) is 15.7. The lowest BCUT2D eigenvalue weighted by atomic mass is 9.80. The van der Waals surface area contributed by atoms with E-state index in [0.717, 1.165) is 11.1 Å². The largest absolute Gasteiger partial charge is 0.468 e. The van der Waals surface area contributed by atoms with Gasteiger partial charge in [-0.05, 0) is 56.0 Å². The van der Waals surface area contributed by atoms with Crippen LogP contribution >= 0.6 is 11.6 Å². The second-order valence-electron chi connectivity index (χ2n) is 5.78. The first-order valence-electron chi connectivity index (χ1n) is 7.83. The number of hydrogen-bond acceptors (Lipinski definition) is 4. The Hall–Kier alpha value is -2.29. The molecule has 0 heterocycles. The van der Waals surface area contributed by atoms with Gasteiger partial charge >= 0.3 is 11.9 Å². The predicted octanol–water partition coefficient (Wildman–Crippen LogP) is 4.59. The van der Waals surface area contributed by atoms with E-state index < -0.39 is 17.4 Å². The maximum absolute atomic E-state index is 12.4. The average Bonchev–Trinajstić information content (AvgIpc) is 2.60. The molecule has 0 fully saturated rings. The number of allylic oxidation sites excluding steroid dienone is 2. The van der Waals surface area contributed by atoms with Gasteiger partial charge in [-0.25, -0.2) is 0 Å². The molecular formula is C20H23ClO4. The minimum atomic E-state index is -1.44. The van der Waals surface area contributed by atoms with Gasteiger partial charge in [0, 0.05) is 5.02 Å². The fourth-order valence-corrected chi connectivity index (χ4v) is 2.42. The van der Waals surface area contributed by atoms with Gasteiger partial charge < -0.3 is 9.47 Å². The summed E-state index contributed by atoms with van der Waals surface area (Å²) in [4.78, 5) is 24.7. The van der Waals surface area contributed by atoms with Crippen LogP contribution in [0.25, 0.3) is 6.08 Å². The molecular weight excluding hydrogens is 340 g/mol. The Labute approximate surface area is 153 Å². The molecule has 0 bridgehead atoms. The number of rotatable bonds is 7. The summed E-state index contributed by atoms with van der Waals surface area (Å²) >= 11 is 5.86. The van der Waals surface area contributed by atoms with Gasteiger partial charge in [0.1, 0.15) is 0 Å². The third-order valence-corrected chi connectivity index (χ3v) is 3.89. The summed E-state index contributed by atoms with van der Waals surface area (Å²) in [6.45, 7) is 3.77. The number of carbonyl (C=O) groups is 2. The number of methoxy groups -OCH3 is 2. The van der Waals surface area contributed by atoms with Crippen molar-refractivity contribution < 1.29 is 19.1 Å². The van der Waals surface area contributed by atoms with Gasteiger partial charge in [-0.2, -0.15) is 0 Å². The Morgan fingerprint density at radius 3 is 2.12 bits per heavy atom. The van der Waals surface area contributed by atoms with Gasteiger partial charge in [0.2, 0.25) is 0 Å². The average molecular weight is 363 g/mol. The van der Waals surface area contributed by atoms with E-state index in [1.165, 1.54) is 14.2 Å². The first-order chi connectivity index (χ1) is 11.9. The van der Waals surface area contributed by atoms with Crippen molar-refractivity contribution in [3.8, 4) is 0 Å². The van der Waals surface area contributed by atoms with E-state index in [2.05, 4.69) is 5.73 Å². The van der Waals surface area contributed by atoms with Crippen molar-refractivity contribution in [2.24, 2.45) is 5.41 Å². The Morgan fingerprint density at radius 2 is 1.64 bits per heavy atom. The minimum absolute atomic E-state index is 0.141. The molecule has 5 heteroatoms. The Bertz CT molecular complexity index is 675. The van der Waals surface area contributed by atoms with E-state index in [-0.39, 0.29) is 12.8 Å². The summed E-state index contributed by atoms with van der Waals surface area (Å²) in [6, 6.07) is 7.24. The van der Waals surface area contributed by atoms with E-state index in [4.69, 9.17) is 21.1 Å². The maximum Gasteiger partial charge on any atom is 0.323 e. The molecule has 25 heavy (non-hydrogen) atoms. The molecule has 0 aromatic heterocycles. The lowest BCUT2D eigenvalue weighted by Crippen LogP contribution is -2.40. The Balaban J connectivity index is 3.14. The third kappa shape index (κ3) is 5.93. The van der Waals surface area contributed by atoms with Gasteiger partial charge in [0.15, 0.2) is 5.41 Å². The maximum atomic E-state index is 12.4. The van der Waals surface area contributed by atoms with Crippen LogP contribution in [0, 0.1) is 5.41 Å². The van der Waals surface area contributed by atoms with Crippen LogP contribution in [0.2, 0.25) is 5.02 Å². The van der Waals surface area contributed by atoms with Crippen molar-refractivity contribution in [2.45, 2.75) is 26.7 Å². The number of benzene rings is 1. The molecule has 134 valence electrons. The molecule has 0 unspecified atom stereocenters. The lowest BCUT2D eigenvalue weighted by Gasteiger charge is -2.25. The molecule has 0 aliphatic carbocycles. The summed E-state index contributed by atoms with van der Waals surface area (Å²) in [5, 5.41) is 0.641. The number of ether oxygens (including phenoxy) is 2. The number of halogens is 1. The fraction of sp³-hybridized carbons (Fsp3) is 0.350. The third-order valence-electron chi connectivity index (χ3n) is 3.64. The van der Waals surface area contributed by atoms with Crippen molar-refractivity contribution in [1.82, 2.24) is 0 Å². The molecule has 0 radical (unpaired) electrons. The topological polar surface area (TPSA) is 52.6 Å². The molecule has 0 amide bonds. The summed E-state index contributed by atoms with van der Waals surface area (Å²) in [7, 11) is 2.51. The van der Waals surface area contributed by atoms with E-state index >= 15 is 0 Å². The fourth-order valence-electron chi connectivity index (χ4n) is 2.29. The van der Waals surface area contributed by atoms with Crippen molar-refractivity contribution in [3.05, 3.63) is 58.3 Å². The molecule has 0 aliphatic rings. The highest BCUT2D eigenvalue weighted by atomic mass is 35.5. The summed E-state index contributed by atoms with van der Waals surface area (Å²) in [5.41, 5.74) is 3.43. The molecule has 0 aliphatic heterocycles. The smallest absolute Gasteiger partial charge is 0.323 e. The van der Waals surface area contributed by atoms with Crippen LogP contribution in [0.4, 0.5) is 0 Å². The first-order valence-corrected chi connectivity index (χ1v) is 8.21. The second-order valence-corrected chi connectivity index (χ2v) is 6.21. The first kappa shape index (κ1) is 20.8. The standard InChI is InChI=1S/C20H23ClO4/c1-15(2)7-5-13-20(18(22)24-3,19(23)25-4)14-6-8-16-9-11-17(21)12-10-16/h5-6,8-12H,13-14H2,1-4H3/b8-6+. The Kier molecular flexibility index (Phi) is 8.20. The highest BCUT2D eigenvalue weighted by Crippen LogP contribution is 2.32. The number of esters is 2. The van der Waals surface area contributed by atoms with Crippen LogP contribution in [0.3, 0.4) is 0 Å². The molecule has 0 spiro atoms. The minimum Gasteiger partial charge on any atom is -0.468 e. The summed E-state index contributed by atoms with van der Waals surface area (Å²) in [6.07, 6.45) is 5.53. The van der Waals surface area contributed by atoms with Crippen molar-refractivity contribution in [2.75, 3.05) is 14.2 Å². The van der Waals surface area contributed by atoms with Crippen LogP contribution in [0.1, 0.15) is 32.3 Å². The van der Waals surface area contributed by atoms with E-state index in [1.54, 1.807) is 24.3 Å². The van der Waals surface area contributed by atoms with E-state index in [1.807, 2.05) is 32.1 Å². The molecule has 0 saturated carbocycles. The van der Waals surface area contributed by atoms with Gasteiger partial charge in [0.25, 0.3) is 0 Å². The van der Waals surface area contributed by atoms with Gasteiger partial charge in [-0.15, -0.1) is 5.73 Å². The van der Waals surface area contributed by atoms with Crippen molar-refractivity contribution in [1.29, 1.82) is 0 Å². The predicted molar refractivity (Wildman–Crippen MR) is 99.1 cm³/mol. The summed E-state index contributed by atoms with van der Waals surface area (Å²) in [5.74, 6) is -1.26. The molecule has 4 nitrogen and oxygen atoms in total. The molecule has 1 aromatic rings. The molecule has 0 atom stereocenters. The molecule has 0 saturated heterocycles. The zero-order chi connectivity index (χ0) is 18.9. The highest BCUT2D eigenvalue weighted by Gasteiger charge is 2.46. The number of carbonyl (C=O) groups excluding carboxylic acids is 2. The molecule has 1 aromatic carbocycles. The van der Waals surface area contributed by atoms with Crippen LogP contribution in [0.15, 0.2) is 47.7 Å². The monoisotopic (exact) mass is 362 g/mol. The second kappa shape index (κ2) is 9.87. The van der Waals surface area contributed by atoms with Crippen molar-refractivity contribution in [3.63, 3.8) is 0 Å². The lowest BCUT2D eigenvalue weighted by molar-refractivity contribution is -0.168. The highest BCUT2D eigenvalue weighted by molar-refractivity contribution is 6.30. The normalized spacial score (nSPS) is 10.9. The van der Waals surface area contributed by atoms with E-state index in [0.29, 0.717) is 5.02 Å². The zero-order valence-electron chi connectivity index (χ0n) is 15.0. The number of hydrogen-bond donors (Lipinski definition) is 0. The summed E-state index contributed by atoms with van der Waals surface area (Å²) < 4.78 is 9.74. The van der Waals surface area contributed by atoms with Crippen LogP contribution in [0.5, 0.6) is 0 Å². The van der Waals surface area contributed by atoms with Crippen LogP contribution < -0.4 is 0 Å². The van der Waals surface area contributed by atoms with Gasteiger partial charge in [0.05, 0.1) is 14.2 Å². The quantitative estimate of drug-likeness (QED) is 0.404. The Morgan fingerprint density at radius 1 is 1.08 bits per heavy atom.